The van der Waals surface area contributed by atoms with Gasteiger partial charge in [0.15, 0.2) is 5.96 Å². The summed E-state index contributed by atoms with van der Waals surface area (Å²) >= 11 is 0. The number of hydrogen-bond acceptors (Lipinski definition) is 3. The molecular formula is C18H30FN3O2S. The molecule has 1 aromatic rings. The van der Waals surface area contributed by atoms with E-state index >= 15 is 0 Å². The Kier molecular flexibility index (Phi) is 8.89. The molecule has 142 valence electrons. The molecule has 1 rings (SSSR count). The summed E-state index contributed by atoms with van der Waals surface area (Å²) in [4.78, 5) is 4.47. The molecule has 0 radical (unpaired) electrons. The smallest absolute Gasteiger partial charge is 0.191 e. The first-order valence-electron chi connectivity index (χ1n) is 8.55. The SMILES string of the molecule is CCNC(=NCC(C)Oc1cccc(F)c1)NCCS(=O)C(C)(C)C. The Morgan fingerprint density at radius 3 is 2.68 bits per heavy atom. The third kappa shape index (κ3) is 8.86. The van der Waals surface area contributed by atoms with E-state index in [0.29, 0.717) is 30.6 Å². The summed E-state index contributed by atoms with van der Waals surface area (Å²) in [6.45, 7) is 11.5. The summed E-state index contributed by atoms with van der Waals surface area (Å²) in [7, 11) is -0.905. The Balaban J connectivity index is 2.49. The number of halogens is 1. The number of nitrogens with zero attached hydrogens (tertiary/aromatic N) is 1. The summed E-state index contributed by atoms with van der Waals surface area (Å²) in [6.07, 6.45) is -0.194. The van der Waals surface area contributed by atoms with E-state index in [1.807, 2.05) is 34.6 Å². The van der Waals surface area contributed by atoms with Gasteiger partial charge in [0.2, 0.25) is 0 Å². The molecule has 0 saturated carbocycles. The molecule has 2 N–H and O–H groups in total. The van der Waals surface area contributed by atoms with Crippen molar-refractivity contribution in [3.63, 3.8) is 0 Å². The van der Waals surface area contributed by atoms with Gasteiger partial charge >= 0.3 is 0 Å². The number of ether oxygens (including phenoxy) is 1. The molecule has 0 aliphatic heterocycles. The van der Waals surface area contributed by atoms with Crippen molar-refractivity contribution in [2.24, 2.45) is 4.99 Å². The van der Waals surface area contributed by atoms with Gasteiger partial charge in [-0.15, -0.1) is 0 Å². The number of hydrogen-bond donors (Lipinski definition) is 2. The summed E-state index contributed by atoms with van der Waals surface area (Å²) in [5, 5.41) is 6.33. The molecule has 1 aromatic carbocycles. The highest BCUT2D eigenvalue weighted by molar-refractivity contribution is 7.86. The van der Waals surface area contributed by atoms with Crippen LogP contribution in [0.2, 0.25) is 0 Å². The van der Waals surface area contributed by atoms with Gasteiger partial charge in [0.25, 0.3) is 0 Å². The van der Waals surface area contributed by atoms with Crippen LogP contribution in [0.25, 0.3) is 0 Å². The van der Waals surface area contributed by atoms with Crippen molar-refractivity contribution < 1.29 is 13.3 Å². The average molecular weight is 372 g/mol. The summed E-state index contributed by atoms with van der Waals surface area (Å²) in [5.74, 6) is 1.38. The predicted octanol–water partition coefficient (Wildman–Crippen LogP) is 2.70. The lowest BCUT2D eigenvalue weighted by Gasteiger charge is -2.19. The maximum Gasteiger partial charge on any atom is 0.191 e. The summed E-state index contributed by atoms with van der Waals surface area (Å²) in [6, 6.07) is 6.06. The second-order valence-electron chi connectivity index (χ2n) is 6.69. The fraction of sp³-hybridized carbons (Fsp3) is 0.611. The van der Waals surface area contributed by atoms with Crippen molar-refractivity contribution in [3.8, 4) is 5.75 Å². The summed E-state index contributed by atoms with van der Waals surface area (Å²) < 4.78 is 30.7. The van der Waals surface area contributed by atoms with E-state index in [9.17, 15) is 8.60 Å². The fourth-order valence-corrected chi connectivity index (χ4v) is 2.84. The van der Waals surface area contributed by atoms with Crippen LogP contribution in [0.4, 0.5) is 4.39 Å². The Labute approximate surface area is 152 Å². The van der Waals surface area contributed by atoms with E-state index in [-0.39, 0.29) is 16.7 Å². The van der Waals surface area contributed by atoms with E-state index in [1.165, 1.54) is 12.1 Å². The number of guanidine groups is 1. The minimum absolute atomic E-state index is 0.194. The largest absolute Gasteiger partial charge is 0.489 e. The highest BCUT2D eigenvalue weighted by Crippen LogP contribution is 2.14. The third-order valence-corrected chi connectivity index (χ3v) is 5.19. The molecule has 25 heavy (non-hydrogen) atoms. The number of nitrogens with one attached hydrogen (secondary N) is 2. The monoisotopic (exact) mass is 371 g/mol. The van der Waals surface area contributed by atoms with Crippen molar-refractivity contribution in [1.29, 1.82) is 0 Å². The molecular weight excluding hydrogens is 341 g/mol. The molecule has 0 aliphatic rings. The number of rotatable bonds is 8. The average Bonchev–Trinajstić information content (AvgIpc) is 2.51. The zero-order chi connectivity index (χ0) is 18.9. The second-order valence-corrected chi connectivity index (χ2v) is 9.02. The molecule has 5 nitrogen and oxygen atoms in total. The molecule has 7 heteroatoms. The zero-order valence-electron chi connectivity index (χ0n) is 15.8. The zero-order valence-corrected chi connectivity index (χ0v) is 16.6. The van der Waals surface area contributed by atoms with Crippen LogP contribution in [-0.4, -0.2) is 46.4 Å². The minimum Gasteiger partial charge on any atom is -0.489 e. The van der Waals surface area contributed by atoms with Gasteiger partial charge in [0, 0.05) is 40.5 Å². The van der Waals surface area contributed by atoms with Gasteiger partial charge < -0.3 is 15.4 Å². The Hall–Kier alpha value is -1.63. The van der Waals surface area contributed by atoms with E-state index in [4.69, 9.17) is 4.74 Å². The van der Waals surface area contributed by atoms with Crippen molar-refractivity contribution in [1.82, 2.24) is 10.6 Å². The molecule has 0 amide bonds. The van der Waals surface area contributed by atoms with Crippen LogP contribution in [0, 0.1) is 5.82 Å². The lowest BCUT2D eigenvalue weighted by molar-refractivity contribution is 0.229. The van der Waals surface area contributed by atoms with E-state index in [0.717, 1.165) is 6.54 Å². The van der Waals surface area contributed by atoms with E-state index < -0.39 is 10.8 Å². The minimum atomic E-state index is -0.905. The van der Waals surface area contributed by atoms with E-state index in [2.05, 4.69) is 15.6 Å². The standard InChI is InChI=1S/C18H30FN3O2S/c1-6-20-17(21-10-11-25(23)18(3,4)5)22-13-14(2)24-16-9-7-8-15(19)12-16/h7-9,12,14H,6,10-11,13H2,1-5H3,(H2,20,21,22). The van der Waals surface area contributed by atoms with Crippen molar-refractivity contribution >= 4 is 16.8 Å². The van der Waals surface area contributed by atoms with Crippen molar-refractivity contribution in [2.45, 2.75) is 45.5 Å². The molecule has 0 bridgehead atoms. The lowest BCUT2D eigenvalue weighted by Crippen LogP contribution is -2.41. The molecule has 0 heterocycles. The number of aliphatic imine (C=N–C) groups is 1. The topological polar surface area (TPSA) is 62.7 Å². The molecule has 2 atom stereocenters. The quantitative estimate of drug-likeness (QED) is 0.545. The van der Waals surface area contributed by atoms with Gasteiger partial charge in [0.1, 0.15) is 17.7 Å². The molecule has 0 saturated heterocycles. The number of benzene rings is 1. The van der Waals surface area contributed by atoms with Crippen molar-refractivity contribution in [3.05, 3.63) is 30.1 Å². The molecule has 0 spiro atoms. The van der Waals surface area contributed by atoms with Gasteiger partial charge in [-0.25, -0.2) is 9.38 Å². The van der Waals surface area contributed by atoms with Gasteiger partial charge in [-0.3, -0.25) is 4.21 Å². The van der Waals surface area contributed by atoms with Crippen molar-refractivity contribution in [2.75, 3.05) is 25.4 Å². The highest BCUT2D eigenvalue weighted by atomic mass is 32.2. The highest BCUT2D eigenvalue weighted by Gasteiger charge is 2.18. The molecule has 0 aromatic heterocycles. The van der Waals surface area contributed by atoms with Crippen LogP contribution < -0.4 is 15.4 Å². The maximum absolute atomic E-state index is 13.2. The third-order valence-electron chi connectivity index (χ3n) is 3.25. The van der Waals surface area contributed by atoms with E-state index in [1.54, 1.807) is 12.1 Å². The molecule has 0 fully saturated rings. The molecule has 0 aliphatic carbocycles. The van der Waals surface area contributed by atoms with Crippen LogP contribution in [0.3, 0.4) is 0 Å². The summed E-state index contributed by atoms with van der Waals surface area (Å²) in [5.41, 5.74) is 0. The van der Waals surface area contributed by atoms with Crippen LogP contribution in [0.5, 0.6) is 5.75 Å². The fourth-order valence-electron chi connectivity index (χ4n) is 1.94. The second kappa shape index (κ2) is 10.4. The lowest BCUT2D eigenvalue weighted by atomic mass is 10.3. The first-order chi connectivity index (χ1) is 11.7. The van der Waals surface area contributed by atoms with Gasteiger partial charge in [-0.2, -0.15) is 0 Å². The van der Waals surface area contributed by atoms with Gasteiger partial charge in [-0.05, 0) is 46.8 Å². The first kappa shape index (κ1) is 21.4. The Morgan fingerprint density at radius 2 is 2.08 bits per heavy atom. The van der Waals surface area contributed by atoms with Crippen LogP contribution >= 0.6 is 0 Å². The predicted molar refractivity (Wildman–Crippen MR) is 103 cm³/mol. The van der Waals surface area contributed by atoms with Gasteiger partial charge in [-0.1, -0.05) is 6.07 Å². The van der Waals surface area contributed by atoms with Crippen LogP contribution in [0.15, 0.2) is 29.3 Å². The maximum atomic E-state index is 13.2. The Morgan fingerprint density at radius 1 is 1.36 bits per heavy atom. The van der Waals surface area contributed by atoms with Gasteiger partial charge in [0.05, 0.1) is 6.54 Å². The van der Waals surface area contributed by atoms with Crippen LogP contribution in [0.1, 0.15) is 34.6 Å². The van der Waals surface area contributed by atoms with Crippen LogP contribution in [-0.2, 0) is 10.8 Å². The first-order valence-corrected chi connectivity index (χ1v) is 9.87. The Bertz CT molecular complexity index is 588. The normalized spacial score (nSPS) is 14.7. The molecule has 2 unspecified atom stereocenters.